The number of sulfonamides is 1. The molecular formula is C15H20N4O2S. The number of hydrogen-bond donors (Lipinski definition) is 1. The van der Waals surface area contributed by atoms with Crippen molar-refractivity contribution < 1.29 is 8.42 Å². The fraction of sp³-hybridized carbons (Fsp3) is 0.467. The summed E-state index contributed by atoms with van der Waals surface area (Å²) < 4.78 is 25.6. The van der Waals surface area contributed by atoms with E-state index in [2.05, 4.69) is 14.6 Å². The Morgan fingerprint density at radius 2 is 1.91 bits per heavy atom. The zero-order chi connectivity index (χ0) is 15.7. The zero-order valence-corrected chi connectivity index (χ0v) is 13.6. The van der Waals surface area contributed by atoms with E-state index in [1.54, 1.807) is 0 Å². The minimum absolute atomic E-state index is 0.0728. The van der Waals surface area contributed by atoms with E-state index in [0.717, 1.165) is 41.9 Å². The van der Waals surface area contributed by atoms with Gasteiger partial charge in [-0.2, -0.15) is 0 Å². The van der Waals surface area contributed by atoms with Gasteiger partial charge in [-0.1, -0.05) is 12.1 Å². The SMILES string of the molecule is Cc1nc2ccccc2nc1N1CCCC(NS(C)(=O)=O)C1. The summed E-state index contributed by atoms with van der Waals surface area (Å²) in [7, 11) is -3.19. The quantitative estimate of drug-likeness (QED) is 0.926. The van der Waals surface area contributed by atoms with Gasteiger partial charge in [0.25, 0.3) is 0 Å². The van der Waals surface area contributed by atoms with E-state index in [0.29, 0.717) is 6.54 Å². The normalized spacial score (nSPS) is 19.5. The lowest BCUT2D eigenvalue weighted by molar-refractivity contribution is 0.465. The Labute approximate surface area is 130 Å². The molecule has 1 N–H and O–H groups in total. The van der Waals surface area contributed by atoms with E-state index < -0.39 is 10.0 Å². The van der Waals surface area contributed by atoms with Crippen molar-refractivity contribution in [2.24, 2.45) is 0 Å². The van der Waals surface area contributed by atoms with Gasteiger partial charge < -0.3 is 4.90 Å². The van der Waals surface area contributed by atoms with Crippen LogP contribution < -0.4 is 9.62 Å². The first-order valence-electron chi connectivity index (χ1n) is 7.38. The molecule has 1 aliphatic rings. The Balaban J connectivity index is 1.88. The van der Waals surface area contributed by atoms with Gasteiger partial charge in [0.05, 0.1) is 23.0 Å². The standard InChI is InChI=1S/C15H20N4O2S/c1-11-15(17-14-8-4-3-7-13(14)16-11)19-9-5-6-12(10-19)18-22(2,20)21/h3-4,7-8,12,18H,5-6,9-10H2,1-2H3. The molecule has 0 aliphatic carbocycles. The molecular weight excluding hydrogens is 300 g/mol. The Morgan fingerprint density at radius 3 is 2.59 bits per heavy atom. The van der Waals surface area contributed by atoms with Gasteiger partial charge in [0, 0.05) is 19.1 Å². The van der Waals surface area contributed by atoms with E-state index in [-0.39, 0.29) is 6.04 Å². The van der Waals surface area contributed by atoms with Gasteiger partial charge in [-0.05, 0) is 31.9 Å². The maximum absolute atomic E-state index is 11.4. The summed E-state index contributed by atoms with van der Waals surface area (Å²) in [5.41, 5.74) is 2.62. The number of anilines is 1. The van der Waals surface area contributed by atoms with Crippen molar-refractivity contribution in [1.29, 1.82) is 0 Å². The van der Waals surface area contributed by atoms with Crippen molar-refractivity contribution in [2.45, 2.75) is 25.8 Å². The summed E-state index contributed by atoms with van der Waals surface area (Å²) in [5, 5.41) is 0. The zero-order valence-electron chi connectivity index (χ0n) is 12.8. The van der Waals surface area contributed by atoms with Crippen LogP contribution in [-0.2, 0) is 10.0 Å². The van der Waals surface area contributed by atoms with Crippen molar-refractivity contribution in [3.63, 3.8) is 0 Å². The number of aromatic nitrogens is 2. The molecule has 22 heavy (non-hydrogen) atoms. The summed E-state index contributed by atoms with van der Waals surface area (Å²) >= 11 is 0. The fourth-order valence-electron chi connectivity index (χ4n) is 2.95. The minimum Gasteiger partial charge on any atom is -0.353 e. The molecule has 1 aliphatic heterocycles. The predicted molar refractivity (Wildman–Crippen MR) is 87.5 cm³/mol. The maximum atomic E-state index is 11.4. The Hall–Kier alpha value is -1.73. The number of hydrogen-bond acceptors (Lipinski definition) is 5. The van der Waals surface area contributed by atoms with Crippen LogP contribution in [0.1, 0.15) is 18.5 Å². The van der Waals surface area contributed by atoms with Crippen molar-refractivity contribution >= 4 is 26.9 Å². The van der Waals surface area contributed by atoms with Gasteiger partial charge in [-0.15, -0.1) is 0 Å². The number of fused-ring (bicyclic) bond motifs is 1. The second-order valence-corrected chi connectivity index (χ2v) is 7.58. The van der Waals surface area contributed by atoms with Crippen LogP contribution in [0.2, 0.25) is 0 Å². The van der Waals surface area contributed by atoms with Gasteiger partial charge in [0.15, 0.2) is 5.82 Å². The fourth-order valence-corrected chi connectivity index (χ4v) is 3.74. The van der Waals surface area contributed by atoms with E-state index >= 15 is 0 Å². The number of nitrogens with one attached hydrogen (secondary N) is 1. The molecule has 2 heterocycles. The monoisotopic (exact) mass is 320 g/mol. The third-order valence-electron chi connectivity index (χ3n) is 3.82. The highest BCUT2D eigenvalue weighted by atomic mass is 32.2. The highest BCUT2D eigenvalue weighted by Crippen LogP contribution is 2.23. The lowest BCUT2D eigenvalue weighted by Crippen LogP contribution is -2.48. The molecule has 0 bridgehead atoms. The van der Waals surface area contributed by atoms with Crippen LogP contribution in [0.5, 0.6) is 0 Å². The lowest BCUT2D eigenvalue weighted by atomic mass is 10.1. The molecule has 1 unspecified atom stereocenters. The highest BCUT2D eigenvalue weighted by Gasteiger charge is 2.24. The first-order valence-corrected chi connectivity index (χ1v) is 9.27. The lowest BCUT2D eigenvalue weighted by Gasteiger charge is -2.34. The van der Waals surface area contributed by atoms with Gasteiger partial charge in [-0.3, -0.25) is 0 Å². The van der Waals surface area contributed by atoms with Crippen molar-refractivity contribution in [1.82, 2.24) is 14.7 Å². The second-order valence-electron chi connectivity index (χ2n) is 5.80. The van der Waals surface area contributed by atoms with Gasteiger partial charge in [0.2, 0.25) is 10.0 Å². The molecule has 3 rings (SSSR count). The molecule has 0 spiro atoms. The summed E-state index contributed by atoms with van der Waals surface area (Å²) in [6, 6.07) is 7.71. The second kappa shape index (κ2) is 5.81. The Kier molecular flexibility index (Phi) is 4.01. The van der Waals surface area contributed by atoms with Crippen molar-refractivity contribution in [3.8, 4) is 0 Å². The van der Waals surface area contributed by atoms with Gasteiger partial charge in [-0.25, -0.2) is 23.1 Å². The van der Waals surface area contributed by atoms with Crippen molar-refractivity contribution in [3.05, 3.63) is 30.0 Å². The summed E-state index contributed by atoms with van der Waals surface area (Å²) in [6.07, 6.45) is 2.98. The predicted octanol–water partition coefficient (Wildman–Crippen LogP) is 1.46. The topological polar surface area (TPSA) is 75.2 Å². The van der Waals surface area contributed by atoms with Crippen LogP contribution in [0, 0.1) is 6.92 Å². The largest absolute Gasteiger partial charge is 0.353 e. The van der Waals surface area contributed by atoms with E-state index in [9.17, 15) is 8.42 Å². The van der Waals surface area contributed by atoms with Crippen molar-refractivity contribution in [2.75, 3.05) is 24.2 Å². The van der Waals surface area contributed by atoms with Crippen LogP contribution in [0.4, 0.5) is 5.82 Å². The average Bonchev–Trinajstić information content (AvgIpc) is 2.45. The van der Waals surface area contributed by atoms with Gasteiger partial charge >= 0.3 is 0 Å². The first kappa shape index (κ1) is 15.2. The van der Waals surface area contributed by atoms with Gasteiger partial charge in [0.1, 0.15) is 0 Å². The minimum atomic E-state index is -3.19. The molecule has 7 heteroatoms. The number of para-hydroxylation sites is 2. The van der Waals surface area contributed by atoms with E-state index in [1.807, 2.05) is 31.2 Å². The molecule has 2 aromatic rings. The number of benzene rings is 1. The van der Waals surface area contributed by atoms with E-state index in [4.69, 9.17) is 4.98 Å². The van der Waals surface area contributed by atoms with E-state index in [1.165, 1.54) is 6.26 Å². The van der Waals surface area contributed by atoms with Crippen LogP contribution in [0.25, 0.3) is 11.0 Å². The maximum Gasteiger partial charge on any atom is 0.209 e. The molecule has 1 aromatic carbocycles. The number of piperidine rings is 1. The molecule has 0 radical (unpaired) electrons. The van der Waals surface area contributed by atoms with Crippen LogP contribution in [0.3, 0.4) is 0 Å². The number of nitrogens with zero attached hydrogens (tertiary/aromatic N) is 3. The summed E-state index contributed by atoms with van der Waals surface area (Å²) in [5.74, 6) is 0.846. The number of aryl methyl sites for hydroxylation is 1. The molecule has 1 atom stereocenters. The average molecular weight is 320 g/mol. The molecule has 1 fully saturated rings. The number of rotatable bonds is 3. The third-order valence-corrected chi connectivity index (χ3v) is 4.58. The van der Waals surface area contributed by atoms with Crippen LogP contribution in [-0.4, -0.2) is 43.8 Å². The third kappa shape index (κ3) is 3.36. The smallest absolute Gasteiger partial charge is 0.209 e. The first-order chi connectivity index (χ1) is 10.4. The van der Waals surface area contributed by atoms with Crippen LogP contribution in [0.15, 0.2) is 24.3 Å². The molecule has 6 nitrogen and oxygen atoms in total. The molecule has 0 amide bonds. The molecule has 1 saturated heterocycles. The molecule has 1 aromatic heterocycles. The summed E-state index contributed by atoms with van der Waals surface area (Å²) in [6.45, 7) is 3.44. The molecule has 0 saturated carbocycles. The highest BCUT2D eigenvalue weighted by molar-refractivity contribution is 7.88. The van der Waals surface area contributed by atoms with Crippen LogP contribution >= 0.6 is 0 Å². The Bertz CT molecular complexity index is 791. The summed E-state index contributed by atoms with van der Waals surface area (Å²) in [4.78, 5) is 11.4. The molecule has 118 valence electrons. The Morgan fingerprint density at radius 1 is 1.23 bits per heavy atom.